The van der Waals surface area contributed by atoms with Gasteiger partial charge in [0.2, 0.25) is 0 Å². The first-order chi connectivity index (χ1) is 11.7. The number of rotatable bonds is 8. The van der Waals surface area contributed by atoms with Crippen LogP contribution in [-0.2, 0) is 9.53 Å². The van der Waals surface area contributed by atoms with E-state index >= 15 is 0 Å². The number of para-hydroxylation sites is 1. The maximum absolute atomic E-state index is 12.4. The summed E-state index contributed by atoms with van der Waals surface area (Å²) in [5.74, 6) is 0.351. The topological polar surface area (TPSA) is 47.6 Å². The summed E-state index contributed by atoms with van der Waals surface area (Å²) in [5, 5.41) is 3.48. The number of esters is 1. The fourth-order valence-corrected chi connectivity index (χ4v) is 2.73. The number of anilines is 1. The third-order valence-electron chi connectivity index (χ3n) is 4.00. The SMILES string of the molecule is CCOC(=O)C(CC)C(Nc1ccccc1)c1ccc(OC)cc1. The van der Waals surface area contributed by atoms with Crippen LogP contribution in [0.15, 0.2) is 54.6 Å². The molecule has 1 N–H and O–H groups in total. The van der Waals surface area contributed by atoms with Crippen LogP contribution in [0.25, 0.3) is 0 Å². The van der Waals surface area contributed by atoms with E-state index in [1.165, 1.54) is 0 Å². The number of carbonyl (C=O) groups is 1. The normalized spacial score (nSPS) is 13.0. The van der Waals surface area contributed by atoms with Gasteiger partial charge in [0.15, 0.2) is 0 Å². The van der Waals surface area contributed by atoms with Gasteiger partial charge in [-0.1, -0.05) is 37.3 Å². The van der Waals surface area contributed by atoms with E-state index in [2.05, 4.69) is 5.32 Å². The Kier molecular flexibility index (Phi) is 6.67. The van der Waals surface area contributed by atoms with E-state index in [0.29, 0.717) is 13.0 Å². The molecule has 0 aliphatic carbocycles. The fraction of sp³-hybridized carbons (Fsp3) is 0.350. The summed E-state index contributed by atoms with van der Waals surface area (Å²) >= 11 is 0. The third-order valence-corrected chi connectivity index (χ3v) is 4.00. The fourth-order valence-electron chi connectivity index (χ4n) is 2.73. The molecule has 0 bridgehead atoms. The molecule has 2 atom stereocenters. The van der Waals surface area contributed by atoms with Crippen LogP contribution >= 0.6 is 0 Å². The lowest BCUT2D eigenvalue weighted by molar-refractivity contribution is -0.148. The van der Waals surface area contributed by atoms with Gasteiger partial charge in [-0.25, -0.2) is 0 Å². The summed E-state index contributed by atoms with van der Waals surface area (Å²) in [5.41, 5.74) is 2.00. The van der Waals surface area contributed by atoms with Gasteiger partial charge in [0.1, 0.15) is 5.75 Å². The Morgan fingerprint density at radius 3 is 2.25 bits per heavy atom. The van der Waals surface area contributed by atoms with Crippen LogP contribution in [0.2, 0.25) is 0 Å². The summed E-state index contributed by atoms with van der Waals surface area (Å²) in [7, 11) is 1.64. The number of hydrogen-bond donors (Lipinski definition) is 1. The molecule has 0 saturated heterocycles. The highest BCUT2D eigenvalue weighted by Crippen LogP contribution is 2.31. The van der Waals surface area contributed by atoms with Crippen molar-refractivity contribution in [2.45, 2.75) is 26.3 Å². The van der Waals surface area contributed by atoms with Crippen molar-refractivity contribution >= 4 is 11.7 Å². The molecule has 2 rings (SSSR count). The van der Waals surface area contributed by atoms with Gasteiger partial charge < -0.3 is 14.8 Å². The summed E-state index contributed by atoms with van der Waals surface area (Å²) < 4.78 is 10.5. The van der Waals surface area contributed by atoms with Crippen LogP contribution in [0.5, 0.6) is 5.75 Å². The van der Waals surface area contributed by atoms with Crippen molar-refractivity contribution in [2.75, 3.05) is 19.0 Å². The molecule has 0 aliphatic heterocycles. The second-order valence-corrected chi connectivity index (χ2v) is 5.53. The van der Waals surface area contributed by atoms with Gasteiger partial charge >= 0.3 is 5.97 Å². The minimum atomic E-state index is -0.265. The zero-order chi connectivity index (χ0) is 17.4. The first-order valence-corrected chi connectivity index (χ1v) is 8.31. The lowest BCUT2D eigenvalue weighted by Crippen LogP contribution is -2.29. The van der Waals surface area contributed by atoms with Gasteiger partial charge in [-0.15, -0.1) is 0 Å². The van der Waals surface area contributed by atoms with Gasteiger partial charge in [0.25, 0.3) is 0 Å². The highest BCUT2D eigenvalue weighted by molar-refractivity contribution is 5.74. The number of methoxy groups -OCH3 is 1. The maximum Gasteiger partial charge on any atom is 0.311 e. The van der Waals surface area contributed by atoms with E-state index in [1.54, 1.807) is 7.11 Å². The van der Waals surface area contributed by atoms with E-state index < -0.39 is 0 Å². The number of benzene rings is 2. The molecule has 0 fully saturated rings. The Hall–Kier alpha value is -2.49. The number of carbonyl (C=O) groups excluding carboxylic acids is 1. The molecular formula is C20H25NO3. The number of hydrogen-bond acceptors (Lipinski definition) is 4. The Labute approximate surface area is 143 Å². The first-order valence-electron chi connectivity index (χ1n) is 8.31. The van der Waals surface area contributed by atoms with Crippen LogP contribution < -0.4 is 10.1 Å². The molecule has 0 heterocycles. The summed E-state index contributed by atoms with van der Waals surface area (Å²) in [4.78, 5) is 12.4. The Balaban J connectivity index is 2.33. The average molecular weight is 327 g/mol. The molecule has 4 heteroatoms. The average Bonchev–Trinajstić information content (AvgIpc) is 2.63. The van der Waals surface area contributed by atoms with Gasteiger partial charge in [-0.2, -0.15) is 0 Å². The zero-order valence-electron chi connectivity index (χ0n) is 14.5. The van der Waals surface area contributed by atoms with Crippen LogP contribution in [0.4, 0.5) is 5.69 Å². The Morgan fingerprint density at radius 2 is 1.71 bits per heavy atom. The highest BCUT2D eigenvalue weighted by Gasteiger charge is 2.29. The predicted octanol–water partition coefficient (Wildman–Crippen LogP) is 4.44. The Bertz CT molecular complexity index is 625. The zero-order valence-corrected chi connectivity index (χ0v) is 14.5. The molecule has 0 spiro atoms. The number of ether oxygens (including phenoxy) is 2. The monoisotopic (exact) mass is 327 g/mol. The largest absolute Gasteiger partial charge is 0.497 e. The quantitative estimate of drug-likeness (QED) is 0.728. The molecule has 4 nitrogen and oxygen atoms in total. The van der Waals surface area contributed by atoms with E-state index in [1.807, 2.05) is 68.4 Å². The maximum atomic E-state index is 12.4. The van der Waals surface area contributed by atoms with Crippen LogP contribution in [-0.4, -0.2) is 19.7 Å². The van der Waals surface area contributed by atoms with Gasteiger partial charge in [-0.3, -0.25) is 4.79 Å². The van der Waals surface area contributed by atoms with E-state index in [0.717, 1.165) is 17.0 Å². The van der Waals surface area contributed by atoms with E-state index in [-0.39, 0.29) is 17.9 Å². The predicted molar refractivity (Wildman–Crippen MR) is 96.2 cm³/mol. The molecule has 24 heavy (non-hydrogen) atoms. The molecule has 0 aromatic heterocycles. The molecule has 0 saturated carbocycles. The molecular weight excluding hydrogens is 302 g/mol. The van der Waals surface area contributed by atoms with Gasteiger partial charge in [0, 0.05) is 5.69 Å². The minimum Gasteiger partial charge on any atom is -0.497 e. The molecule has 0 aliphatic rings. The number of nitrogens with one attached hydrogen (secondary N) is 1. The van der Waals surface area contributed by atoms with E-state index in [9.17, 15) is 4.79 Å². The van der Waals surface area contributed by atoms with Gasteiger partial charge in [-0.05, 0) is 43.2 Å². The van der Waals surface area contributed by atoms with Crippen molar-refractivity contribution in [3.63, 3.8) is 0 Å². The van der Waals surface area contributed by atoms with Gasteiger partial charge in [0.05, 0.1) is 25.7 Å². The molecule has 0 radical (unpaired) electrons. The van der Waals surface area contributed by atoms with Crippen LogP contribution in [0.1, 0.15) is 31.9 Å². The van der Waals surface area contributed by atoms with Crippen LogP contribution in [0.3, 0.4) is 0 Å². The van der Waals surface area contributed by atoms with Crippen molar-refractivity contribution in [1.82, 2.24) is 0 Å². The molecule has 2 unspecified atom stereocenters. The minimum absolute atomic E-state index is 0.164. The van der Waals surface area contributed by atoms with E-state index in [4.69, 9.17) is 9.47 Å². The first kappa shape index (κ1) is 17.9. The highest BCUT2D eigenvalue weighted by atomic mass is 16.5. The lowest BCUT2D eigenvalue weighted by atomic mass is 9.90. The summed E-state index contributed by atoms with van der Waals surface area (Å²) in [6.07, 6.45) is 0.690. The molecule has 2 aromatic carbocycles. The molecule has 0 amide bonds. The van der Waals surface area contributed by atoms with Crippen molar-refractivity contribution in [1.29, 1.82) is 0 Å². The third kappa shape index (κ3) is 4.51. The smallest absolute Gasteiger partial charge is 0.311 e. The molecule has 128 valence electrons. The summed E-state index contributed by atoms with van der Waals surface area (Å²) in [6, 6.07) is 17.5. The van der Waals surface area contributed by atoms with Crippen molar-refractivity contribution in [2.24, 2.45) is 5.92 Å². The Morgan fingerprint density at radius 1 is 1.04 bits per heavy atom. The standard InChI is InChI=1S/C20H25NO3/c1-4-18(20(22)24-5-2)19(21-16-9-7-6-8-10-16)15-11-13-17(23-3)14-12-15/h6-14,18-19,21H,4-5H2,1-3H3. The second-order valence-electron chi connectivity index (χ2n) is 5.53. The van der Waals surface area contributed by atoms with Crippen molar-refractivity contribution in [3.8, 4) is 5.75 Å². The van der Waals surface area contributed by atoms with Crippen molar-refractivity contribution in [3.05, 3.63) is 60.2 Å². The molecule has 2 aromatic rings. The summed E-state index contributed by atoms with van der Waals surface area (Å²) in [6.45, 7) is 4.22. The van der Waals surface area contributed by atoms with Crippen molar-refractivity contribution < 1.29 is 14.3 Å². The second kappa shape index (κ2) is 8.96. The van der Waals surface area contributed by atoms with Crippen LogP contribution in [0, 0.1) is 5.92 Å². The lowest BCUT2D eigenvalue weighted by Gasteiger charge is -2.27.